The third-order valence-corrected chi connectivity index (χ3v) is 4.28. The van der Waals surface area contributed by atoms with Crippen molar-refractivity contribution in [2.45, 2.75) is 19.6 Å². The zero-order valence-electron chi connectivity index (χ0n) is 16.1. The molecule has 0 unspecified atom stereocenters. The van der Waals surface area contributed by atoms with Crippen molar-refractivity contribution >= 4 is 17.7 Å². The summed E-state index contributed by atoms with van der Waals surface area (Å²) in [5.41, 5.74) is 1.42. The topological polar surface area (TPSA) is 77.1 Å². The van der Waals surface area contributed by atoms with Gasteiger partial charge in [-0.2, -0.15) is 0 Å². The molecular weight excluding hydrogens is 379 g/mol. The molecule has 1 atom stereocenters. The van der Waals surface area contributed by atoms with Crippen molar-refractivity contribution in [1.29, 1.82) is 0 Å². The Hall–Kier alpha value is -3.13. The predicted octanol–water partition coefficient (Wildman–Crippen LogP) is 2.88. The minimum absolute atomic E-state index is 0.0828. The number of halogens is 1. The molecule has 0 saturated carbocycles. The maximum Gasteiger partial charge on any atom is 0.414 e. The van der Waals surface area contributed by atoms with Gasteiger partial charge >= 0.3 is 6.09 Å². The highest BCUT2D eigenvalue weighted by molar-refractivity contribution is 5.89. The monoisotopic (exact) mass is 402 g/mol. The maximum atomic E-state index is 14.4. The fourth-order valence-corrected chi connectivity index (χ4v) is 2.85. The minimum atomic E-state index is -0.581. The van der Waals surface area contributed by atoms with E-state index in [0.29, 0.717) is 18.9 Å². The molecule has 0 radical (unpaired) electrons. The van der Waals surface area contributed by atoms with Gasteiger partial charge in [0, 0.05) is 13.0 Å². The minimum Gasteiger partial charge on any atom is -0.488 e. The lowest BCUT2D eigenvalue weighted by Gasteiger charge is -2.15. The third-order valence-electron chi connectivity index (χ3n) is 4.28. The molecule has 0 bridgehead atoms. The average Bonchev–Trinajstić information content (AvgIpc) is 3.08. The van der Waals surface area contributed by atoms with Crippen molar-refractivity contribution in [3.05, 3.63) is 59.9 Å². The van der Waals surface area contributed by atoms with Crippen LogP contribution in [0.3, 0.4) is 0 Å². The van der Waals surface area contributed by atoms with Crippen LogP contribution in [-0.2, 0) is 20.9 Å². The molecule has 1 heterocycles. The molecule has 154 valence electrons. The zero-order chi connectivity index (χ0) is 20.6. The molecule has 0 spiro atoms. The van der Waals surface area contributed by atoms with Crippen LogP contribution in [0.15, 0.2) is 48.5 Å². The van der Waals surface area contributed by atoms with Gasteiger partial charge in [-0.15, -0.1) is 0 Å². The van der Waals surface area contributed by atoms with Crippen molar-refractivity contribution in [3.63, 3.8) is 0 Å². The number of cyclic esters (lactones) is 1. The summed E-state index contributed by atoms with van der Waals surface area (Å²) in [6, 6.07) is 14.0. The number of anilines is 1. The van der Waals surface area contributed by atoms with Gasteiger partial charge in [-0.25, -0.2) is 9.18 Å². The van der Waals surface area contributed by atoms with Crippen LogP contribution in [0.25, 0.3) is 0 Å². The van der Waals surface area contributed by atoms with Crippen molar-refractivity contribution in [2.24, 2.45) is 0 Å². The second-order valence-electron chi connectivity index (χ2n) is 6.55. The van der Waals surface area contributed by atoms with Crippen LogP contribution >= 0.6 is 0 Å². The van der Waals surface area contributed by atoms with Crippen molar-refractivity contribution in [1.82, 2.24) is 5.32 Å². The first-order valence-electron chi connectivity index (χ1n) is 9.29. The number of carbonyl (C=O) groups is 2. The van der Waals surface area contributed by atoms with Gasteiger partial charge in [0.25, 0.3) is 0 Å². The van der Waals surface area contributed by atoms with Gasteiger partial charge in [-0.05, 0) is 17.7 Å². The lowest BCUT2D eigenvalue weighted by molar-refractivity contribution is -0.119. The molecule has 2 amide bonds. The van der Waals surface area contributed by atoms with Gasteiger partial charge in [0.15, 0.2) is 11.6 Å². The van der Waals surface area contributed by atoms with Crippen molar-refractivity contribution in [3.8, 4) is 5.75 Å². The molecule has 2 aromatic rings. The molecule has 1 aliphatic heterocycles. The third kappa shape index (κ3) is 5.92. The lowest BCUT2D eigenvalue weighted by atomic mass is 10.2. The molecule has 8 heteroatoms. The Labute approximate surface area is 168 Å². The van der Waals surface area contributed by atoms with Gasteiger partial charge in [-0.3, -0.25) is 9.69 Å². The van der Waals surface area contributed by atoms with E-state index in [-0.39, 0.29) is 31.4 Å². The fraction of sp³-hybridized carbons (Fsp3) is 0.333. The molecule has 7 nitrogen and oxygen atoms in total. The molecule has 3 rings (SSSR count). The van der Waals surface area contributed by atoms with Gasteiger partial charge < -0.3 is 19.5 Å². The molecule has 0 aliphatic carbocycles. The van der Waals surface area contributed by atoms with Crippen molar-refractivity contribution in [2.75, 3.05) is 31.2 Å². The number of rotatable bonds is 9. The first-order chi connectivity index (χ1) is 14.0. The Kier molecular flexibility index (Phi) is 7.02. The first-order valence-corrected chi connectivity index (χ1v) is 9.29. The van der Waals surface area contributed by atoms with E-state index in [4.69, 9.17) is 14.2 Å². The number of hydrogen-bond acceptors (Lipinski definition) is 5. The van der Waals surface area contributed by atoms with Crippen molar-refractivity contribution < 1.29 is 28.2 Å². The van der Waals surface area contributed by atoms with E-state index >= 15 is 0 Å². The molecule has 1 aliphatic rings. The Morgan fingerprint density at radius 1 is 1.24 bits per heavy atom. The number of benzene rings is 2. The molecule has 0 aromatic heterocycles. The van der Waals surface area contributed by atoms with Crippen LogP contribution in [0, 0.1) is 5.82 Å². The van der Waals surface area contributed by atoms with E-state index in [0.717, 1.165) is 5.56 Å². The summed E-state index contributed by atoms with van der Waals surface area (Å²) < 4.78 is 30.5. The Morgan fingerprint density at radius 2 is 2.03 bits per heavy atom. The van der Waals surface area contributed by atoms with Gasteiger partial charge in [-0.1, -0.05) is 30.3 Å². The average molecular weight is 402 g/mol. The highest BCUT2D eigenvalue weighted by Gasteiger charge is 2.32. The molecule has 1 N–H and O–H groups in total. The number of amides is 2. The lowest BCUT2D eigenvalue weighted by Crippen LogP contribution is -2.33. The fourth-order valence-electron chi connectivity index (χ4n) is 2.85. The van der Waals surface area contributed by atoms with E-state index in [1.165, 1.54) is 24.0 Å². The van der Waals surface area contributed by atoms with Crippen LogP contribution in [0.5, 0.6) is 5.75 Å². The molecule has 1 fully saturated rings. The SMILES string of the molecule is CC(=O)NC[C@H]1CN(c2ccc(OCCOCc3ccccc3)c(F)c2)C(=O)O1. The Balaban J connectivity index is 1.47. The molecule has 1 saturated heterocycles. The smallest absolute Gasteiger partial charge is 0.414 e. The van der Waals surface area contributed by atoms with E-state index < -0.39 is 18.0 Å². The van der Waals surface area contributed by atoms with E-state index in [1.807, 2.05) is 30.3 Å². The molecular formula is C21H23FN2O5. The normalized spacial score (nSPS) is 15.9. The second-order valence-corrected chi connectivity index (χ2v) is 6.55. The second kappa shape index (κ2) is 9.88. The highest BCUT2D eigenvalue weighted by atomic mass is 19.1. The number of hydrogen-bond donors (Lipinski definition) is 1. The Morgan fingerprint density at radius 3 is 2.76 bits per heavy atom. The largest absolute Gasteiger partial charge is 0.488 e. The summed E-state index contributed by atoms with van der Waals surface area (Å²) in [7, 11) is 0. The van der Waals surface area contributed by atoms with Gasteiger partial charge in [0.2, 0.25) is 5.91 Å². The number of nitrogens with zero attached hydrogens (tertiary/aromatic N) is 1. The summed E-state index contributed by atoms with van der Waals surface area (Å²) in [6.07, 6.45) is -1.06. The quantitative estimate of drug-likeness (QED) is 0.653. The summed E-state index contributed by atoms with van der Waals surface area (Å²) in [6.45, 7) is 2.81. The zero-order valence-corrected chi connectivity index (χ0v) is 16.1. The van der Waals surface area contributed by atoms with Crippen LogP contribution in [0.2, 0.25) is 0 Å². The van der Waals surface area contributed by atoms with Crippen LogP contribution in [-0.4, -0.2) is 44.4 Å². The number of nitrogens with one attached hydrogen (secondary N) is 1. The summed E-state index contributed by atoms with van der Waals surface area (Å²) in [5.74, 6) is -0.706. The molecule has 29 heavy (non-hydrogen) atoms. The van der Waals surface area contributed by atoms with Gasteiger partial charge in [0.05, 0.1) is 32.0 Å². The number of ether oxygens (including phenoxy) is 3. The van der Waals surface area contributed by atoms with Crippen LogP contribution in [0.1, 0.15) is 12.5 Å². The first kappa shape index (κ1) is 20.6. The van der Waals surface area contributed by atoms with E-state index in [9.17, 15) is 14.0 Å². The number of carbonyl (C=O) groups excluding carboxylic acids is 2. The maximum absolute atomic E-state index is 14.4. The van der Waals surface area contributed by atoms with Crippen LogP contribution < -0.4 is 15.0 Å². The summed E-state index contributed by atoms with van der Waals surface area (Å²) in [5, 5.41) is 2.60. The van der Waals surface area contributed by atoms with E-state index in [2.05, 4.69) is 5.32 Å². The van der Waals surface area contributed by atoms with Gasteiger partial charge in [0.1, 0.15) is 12.7 Å². The van der Waals surface area contributed by atoms with E-state index in [1.54, 1.807) is 6.07 Å². The predicted molar refractivity (Wildman–Crippen MR) is 104 cm³/mol. The summed E-state index contributed by atoms with van der Waals surface area (Å²) in [4.78, 5) is 24.3. The molecule has 2 aromatic carbocycles. The standard InChI is InChI=1S/C21H23FN2O5/c1-15(25)23-12-18-13-24(21(26)29-18)17-7-8-20(19(22)11-17)28-10-9-27-14-16-5-3-2-4-6-16/h2-8,11,18H,9-10,12-14H2,1H3,(H,23,25)/t18-/m0/s1. The highest BCUT2D eigenvalue weighted by Crippen LogP contribution is 2.27. The summed E-state index contributed by atoms with van der Waals surface area (Å²) >= 11 is 0. The Bertz CT molecular complexity index is 846. The van der Waals surface area contributed by atoms with Crippen LogP contribution in [0.4, 0.5) is 14.9 Å².